The number of rotatable bonds is 5. The van der Waals surface area contributed by atoms with Crippen LogP contribution in [0.2, 0.25) is 0 Å². The molecule has 0 aliphatic carbocycles. The highest BCUT2D eigenvalue weighted by molar-refractivity contribution is 7.87. The molecule has 0 saturated carbocycles. The SMILES string of the molecule is CC1CCCCN1S(=O)(=O)NCCc1nc(C(C)(C)C)cs1. The van der Waals surface area contributed by atoms with Crippen LogP contribution >= 0.6 is 11.3 Å². The Bertz CT molecular complexity index is 590. The molecule has 1 aromatic rings. The lowest BCUT2D eigenvalue weighted by Gasteiger charge is -2.32. The predicted octanol–water partition coefficient (Wildman–Crippen LogP) is 2.69. The Hall–Kier alpha value is -0.500. The Morgan fingerprint density at radius 3 is 2.73 bits per heavy atom. The normalized spacial score (nSPS) is 21.2. The zero-order valence-electron chi connectivity index (χ0n) is 13.9. The van der Waals surface area contributed by atoms with Crippen LogP contribution < -0.4 is 4.72 Å². The Morgan fingerprint density at radius 1 is 1.41 bits per heavy atom. The van der Waals surface area contributed by atoms with Crippen molar-refractivity contribution in [2.75, 3.05) is 13.1 Å². The van der Waals surface area contributed by atoms with Crippen molar-refractivity contribution in [3.05, 3.63) is 16.1 Å². The van der Waals surface area contributed by atoms with Crippen molar-refractivity contribution < 1.29 is 8.42 Å². The van der Waals surface area contributed by atoms with Gasteiger partial charge in [0.15, 0.2) is 0 Å². The molecule has 126 valence electrons. The van der Waals surface area contributed by atoms with Crippen LogP contribution in [0.3, 0.4) is 0 Å². The molecule has 7 heteroatoms. The molecule has 1 saturated heterocycles. The molecule has 1 aromatic heterocycles. The van der Waals surface area contributed by atoms with Crippen molar-refractivity contribution in [2.24, 2.45) is 0 Å². The lowest BCUT2D eigenvalue weighted by molar-refractivity contribution is 0.265. The lowest BCUT2D eigenvalue weighted by atomic mass is 9.93. The highest BCUT2D eigenvalue weighted by Gasteiger charge is 2.29. The zero-order valence-corrected chi connectivity index (χ0v) is 15.6. The molecule has 0 amide bonds. The quantitative estimate of drug-likeness (QED) is 0.892. The minimum atomic E-state index is -3.36. The molecule has 1 atom stereocenters. The van der Waals surface area contributed by atoms with Crippen molar-refractivity contribution >= 4 is 21.5 Å². The van der Waals surface area contributed by atoms with Gasteiger partial charge in [0.25, 0.3) is 10.2 Å². The van der Waals surface area contributed by atoms with E-state index in [2.05, 4.69) is 35.9 Å². The Morgan fingerprint density at radius 2 is 2.14 bits per heavy atom. The number of aromatic nitrogens is 1. The average molecular weight is 346 g/mol. The summed E-state index contributed by atoms with van der Waals surface area (Å²) in [4.78, 5) is 4.60. The second-order valence-electron chi connectivity index (χ2n) is 6.98. The van der Waals surface area contributed by atoms with Gasteiger partial charge in [0.05, 0.1) is 10.7 Å². The minimum Gasteiger partial charge on any atom is -0.246 e. The van der Waals surface area contributed by atoms with Crippen molar-refractivity contribution in [1.29, 1.82) is 0 Å². The first-order chi connectivity index (χ1) is 10.2. The van der Waals surface area contributed by atoms with Crippen molar-refractivity contribution in [3.8, 4) is 0 Å². The first-order valence-corrected chi connectivity index (χ1v) is 10.2. The summed E-state index contributed by atoms with van der Waals surface area (Å²) < 4.78 is 29.0. The molecule has 2 rings (SSSR count). The maximum atomic E-state index is 12.3. The van der Waals surface area contributed by atoms with E-state index >= 15 is 0 Å². The molecule has 0 spiro atoms. The topological polar surface area (TPSA) is 62.3 Å². The molecule has 1 unspecified atom stereocenters. The van der Waals surface area contributed by atoms with E-state index in [1.807, 2.05) is 6.92 Å². The number of nitrogens with zero attached hydrogens (tertiary/aromatic N) is 2. The highest BCUT2D eigenvalue weighted by atomic mass is 32.2. The van der Waals surface area contributed by atoms with E-state index in [1.54, 1.807) is 15.6 Å². The van der Waals surface area contributed by atoms with Gasteiger partial charge >= 0.3 is 0 Å². The first kappa shape index (κ1) is 17.8. The van der Waals surface area contributed by atoms with Crippen LogP contribution in [0, 0.1) is 0 Å². The average Bonchev–Trinajstić information content (AvgIpc) is 2.87. The maximum absolute atomic E-state index is 12.3. The fraction of sp³-hybridized carbons (Fsp3) is 0.800. The summed E-state index contributed by atoms with van der Waals surface area (Å²) in [5, 5.41) is 3.05. The molecule has 0 radical (unpaired) electrons. The summed E-state index contributed by atoms with van der Waals surface area (Å²) in [7, 11) is -3.36. The van der Waals surface area contributed by atoms with Gasteiger partial charge in [0.1, 0.15) is 0 Å². The van der Waals surface area contributed by atoms with Gasteiger partial charge in [-0.25, -0.2) is 9.71 Å². The van der Waals surface area contributed by atoms with Crippen molar-refractivity contribution in [3.63, 3.8) is 0 Å². The zero-order chi connectivity index (χ0) is 16.4. The number of thiazole rings is 1. The third kappa shape index (κ3) is 4.50. The molecular formula is C15H27N3O2S2. The fourth-order valence-electron chi connectivity index (χ4n) is 2.57. The molecule has 22 heavy (non-hydrogen) atoms. The summed E-state index contributed by atoms with van der Waals surface area (Å²) in [5.41, 5.74) is 1.11. The van der Waals surface area contributed by atoms with Crippen LogP contribution in [-0.2, 0) is 22.0 Å². The molecule has 1 aliphatic heterocycles. The monoisotopic (exact) mass is 345 g/mol. The van der Waals surface area contributed by atoms with Gasteiger partial charge in [-0.05, 0) is 19.8 Å². The molecule has 0 bridgehead atoms. The van der Waals surface area contributed by atoms with E-state index in [1.165, 1.54) is 0 Å². The highest BCUT2D eigenvalue weighted by Crippen LogP contribution is 2.24. The summed E-state index contributed by atoms with van der Waals surface area (Å²) in [6, 6.07) is 0.0959. The second-order valence-corrected chi connectivity index (χ2v) is 9.63. The molecule has 1 aliphatic rings. The van der Waals surface area contributed by atoms with Crippen LogP contribution in [0.1, 0.15) is 57.7 Å². The summed E-state index contributed by atoms with van der Waals surface area (Å²) in [6.45, 7) is 9.41. The fourth-order valence-corrected chi connectivity index (χ4v) is 5.07. The first-order valence-electron chi connectivity index (χ1n) is 7.91. The number of piperidine rings is 1. The standard InChI is InChI=1S/C15H27N3O2S2/c1-12-7-5-6-10-18(12)22(19,20)16-9-8-14-17-13(11-21-14)15(2,3)4/h11-12,16H,5-10H2,1-4H3. The second kappa shape index (κ2) is 6.95. The summed E-state index contributed by atoms with van der Waals surface area (Å²) in [5.74, 6) is 0. The van der Waals surface area contributed by atoms with E-state index in [9.17, 15) is 8.42 Å². The minimum absolute atomic E-state index is 0.0392. The van der Waals surface area contributed by atoms with Crippen LogP contribution in [0.5, 0.6) is 0 Å². The molecule has 5 nitrogen and oxygen atoms in total. The van der Waals surface area contributed by atoms with Crippen LogP contribution in [0.15, 0.2) is 5.38 Å². The summed E-state index contributed by atoms with van der Waals surface area (Å²) >= 11 is 1.60. The van der Waals surface area contributed by atoms with E-state index in [0.29, 0.717) is 19.5 Å². The van der Waals surface area contributed by atoms with Gasteiger partial charge in [-0.15, -0.1) is 11.3 Å². The van der Waals surface area contributed by atoms with Crippen LogP contribution in [-0.4, -0.2) is 36.8 Å². The maximum Gasteiger partial charge on any atom is 0.279 e. The third-order valence-electron chi connectivity index (χ3n) is 3.99. The molecule has 2 heterocycles. The Kier molecular flexibility index (Phi) is 5.63. The molecule has 1 N–H and O–H groups in total. The molecular weight excluding hydrogens is 318 g/mol. The Balaban J connectivity index is 1.88. The molecule has 0 aromatic carbocycles. The predicted molar refractivity (Wildman–Crippen MR) is 91.5 cm³/mol. The van der Waals surface area contributed by atoms with E-state index in [0.717, 1.165) is 30.0 Å². The van der Waals surface area contributed by atoms with Crippen molar-refractivity contribution in [2.45, 2.75) is 64.8 Å². The van der Waals surface area contributed by atoms with Gasteiger partial charge in [-0.1, -0.05) is 27.2 Å². The van der Waals surface area contributed by atoms with Gasteiger partial charge in [0, 0.05) is 36.3 Å². The number of hydrogen-bond donors (Lipinski definition) is 1. The number of nitrogens with one attached hydrogen (secondary N) is 1. The van der Waals surface area contributed by atoms with E-state index in [-0.39, 0.29) is 11.5 Å². The smallest absolute Gasteiger partial charge is 0.246 e. The van der Waals surface area contributed by atoms with E-state index < -0.39 is 10.2 Å². The van der Waals surface area contributed by atoms with Gasteiger partial charge in [-0.2, -0.15) is 12.7 Å². The largest absolute Gasteiger partial charge is 0.279 e. The third-order valence-corrected chi connectivity index (χ3v) is 6.63. The number of hydrogen-bond acceptors (Lipinski definition) is 4. The Labute approximate surface area is 138 Å². The molecule has 1 fully saturated rings. The summed E-state index contributed by atoms with van der Waals surface area (Å²) in [6.07, 6.45) is 3.65. The van der Waals surface area contributed by atoms with Gasteiger partial charge in [0.2, 0.25) is 0 Å². The van der Waals surface area contributed by atoms with Gasteiger partial charge < -0.3 is 0 Å². The van der Waals surface area contributed by atoms with Crippen LogP contribution in [0.25, 0.3) is 0 Å². The van der Waals surface area contributed by atoms with Gasteiger partial charge in [-0.3, -0.25) is 0 Å². The lowest BCUT2D eigenvalue weighted by Crippen LogP contribution is -2.48. The van der Waals surface area contributed by atoms with Crippen molar-refractivity contribution in [1.82, 2.24) is 14.0 Å². The van der Waals surface area contributed by atoms with E-state index in [4.69, 9.17) is 0 Å². The van der Waals surface area contributed by atoms with Crippen LogP contribution in [0.4, 0.5) is 0 Å².